The molecule has 0 radical (unpaired) electrons. The van der Waals surface area contributed by atoms with Gasteiger partial charge in [0.2, 0.25) is 0 Å². The summed E-state index contributed by atoms with van der Waals surface area (Å²) in [7, 11) is 0. The molecule has 0 aliphatic carbocycles. The van der Waals surface area contributed by atoms with E-state index in [1.54, 1.807) is 6.92 Å². The third-order valence-corrected chi connectivity index (χ3v) is 3.08. The molecule has 0 fully saturated rings. The first kappa shape index (κ1) is 22.8. The Labute approximate surface area is 136 Å². The zero-order valence-electron chi connectivity index (χ0n) is 11.6. The highest BCUT2D eigenvalue weighted by molar-refractivity contribution is 6.30. The minimum Gasteiger partial charge on any atom is -0.166 e. The van der Waals surface area contributed by atoms with Crippen LogP contribution in [0.4, 0.5) is 13.2 Å². The van der Waals surface area contributed by atoms with E-state index >= 15 is 0 Å². The van der Waals surface area contributed by atoms with Gasteiger partial charge in [-0.2, -0.15) is 13.2 Å². The Morgan fingerprint density at radius 1 is 0.773 bits per heavy atom. The lowest BCUT2D eigenvalue weighted by Crippen LogP contribution is -2.03. The van der Waals surface area contributed by atoms with Gasteiger partial charge in [0.25, 0.3) is 0 Å². The molecule has 0 saturated heterocycles. The van der Waals surface area contributed by atoms with Crippen LogP contribution in [0.2, 0.25) is 5.02 Å². The zero-order valence-corrected chi connectivity index (χ0v) is 12.3. The molecule has 2 rings (SSSR count). The lowest BCUT2D eigenvalue weighted by Gasteiger charge is -2.05. The maximum atomic E-state index is 11.9. The Balaban J connectivity index is 0. The molecule has 0 aliphatic rings. The van der Waals surface area contributed by atoms with E-state index in [0.717, 1.165) is 22.7 Å². The van der Waals surface area contributed by atoms with Crippen LogP contribution in [-0.4, -0.2) is 0 Å². The Kier molecular flexibility index (Phi) is 9.86. The van der Waals surface area contributed by atoms with Gasteiger partial charge in [0, 0.05) is 5.02 Å². The van der Waals surface area contributed by atoms with Gasteiger partial charge in [0.15, 0.2) is 0 Å². The van der Waals surface area contributed by atoms with Crippen LogP contribution < -0.4 is 0 Å². The third kappa shape index (κ3) is 7.51. The summed E-state index contributed by atoms with van der Waals surface area (Å²) < 4.78 is 35.8. The van der Waals surface area contributed by atoms with Crippen LogP contribution in [-0.2, 0) is 6.18 Å². The Hall–Kier alpha value is -1.48. The van der Waals surface area contributed by atoms with E-state index in [1.807, 2.05) is 18.2 Å². The summed E-state index contributed by atoms with van der Waals surface area (Å²) in [6.45, 7) is 5.88. The number of aryl methyl sites for hydroxylation is 3. The number of benzene rings is 2. The molecule has 0 unspecified atom stereocenters. The fraction of sp³-hybridized carbons (Fsp3) is 0.333. The van der Waals surface area contributed by atoms with E-state index < -0.39 is 11.7 Å². The molecule has 0 bridgehead atoms. The molecule has 124 valence electrons. The van der Waals surface area contributed by atoms with Crippen molar-refractivity contribution in [3.05, 3.63) is 69.7 Å². The summed E-state index contributed by atoms with van der Waals surface area (Å²) in [5.41, 5.74) is 2.78. The van der Waals surface area contributed by atoms with Crippen LogP contribution in [0.25, 0.3) is 0 Å². The molecule has 0 saturated carbocycles. The van der Waals surface area contributed by atoms with Crippen molar-refractivity contribution in [3.63, 3.8) is 0 Å². The average molecular weight is 333 g/mol. The first-order chi connectivity index (χ1) is 9.20. The fourth-order valence-electron chi connectivity index (χ4n) is 1.45. The maximum Gasteiger partial charge on any atom is 0.416 e. The summed E-state index contributed by atoms with van der Waals surface area (Å²) in [6.07, 6.45) is -4.21. The van der Waals surface area contributed by atoms with Crippen molar-refractivity contribution < 1.29 is 13.2 Å². The van der Waals surface area contributed by atoms with Crippen molar-refractivity contribution in [2.45, 2.75) is 41.8 Å². The van der Waals surface area contributed by atoms with Gasteiger partial charge in [-0.05, 0) is 56.2 Å². The van der Waals surface area contributed by atoms with Gasteiger partial charge in [0.1, 0.15) is 0 Å². The van der Waals surface area contributed by atoms with Gasteiger partial charge in [-0.1, -0.05) is 50.2 Å². The molecular weight excluding hydrogens is 309 g/mol. The molecule has 0 aromatic heterocycles. The van der Waals surface area contributed by atoms with E-state index in [4.69, 9.17) is 11.6 Å². The number of alkyl halides is 3. The van der Waals surface area contributed by atoms with Gasteiger partial charge in [-0.15, -0.1) is 0 Å². The van der Waals surface area contributed by atoms with Crippen molar-refractivity contribution in [1.29, 1.82) is 0 Å². The minimum atomic E-state index is -4.21. The average Bonchev–Trinajstić information content (AvgIpc) is 2.34. The molecule has 2 aromatic carbocycles. The topological polar surface area (TPSA) is 0 Å². The normalized spacial score (nSPS) is 9.77. The lowest BCUT2D eigenvalue weighted by atomic mass is 10.1. The molecule has 22 heavy (non-hydrogen) atoms. The predicted octanol–water partition coefficient (Wildman–Crippen LogP) is 7.24. The smallest absolute Gasteiger partial charge is 0.166 e. The number of rotatable bonds is 0. The van der Waals surface area contributed by atoms with E-state index in [9.17, 15) is 13.2 Å². The van der Waals surface area contributed by atoms with Gasteiger partial charge in [-0.3, -0.25) is 0 Å². The standard InChI is InChI=1S/C8H9Cl.C8H7F3.2CH4/c1-6-3-4-8(9)5-7(6)2;1-6-2-4-7(5-3-6)8(9,10)11;;/h3-5H,1-2H3;2-5H,1H3;2*1H4. The molecule has 0 aliphatic heterocycles. The highest BCUT2D eigenvalue weighted by Gasteiger charge is 2.29. The summed E-state index contributed by atoms with van der Waals surface area (Å²) in [6, 6.07) is 11.0. The summed E-state index contributed by atoms with van der Waals surface area (Å²) in [4.78, 5) is 0. The largest absolute Gasteiger partial charge is 0.416 e. The maximum absolute atomic E-state index is 11.9. The second-order valence-electron chi connectivity index (χ2n) is 4.59. The van der Waals surface area contributed by atoms with Crippen molar-refractivity contribution in [2.24, 2.45) is 0 Å². The Morgan fingerprint density at radius 3 is 1.64 bits per heavy atom. The van der Waals surface area contributed by atoms with Crippen LogP contribution in [0.1, 0.15) is 37.1 Å². The second kappa shape index (κ2) is 9.52. The molecule has 0 N–H and O–H groups in total. The predicted molar refractivity (Wildman–Crippen MR) is 90.6 cm³/mol. The van der Waals surface area contributed by atoms with E-state index in [2.05, 4.69) is 13.8 Å². The van der Waals surface area contributed by atoms with Gasteiger partial charge >= 0.3 is 6.18 Å². The number of hydrogen-bond acceptors (Lipinski definition) is 0. The van der Waals surface area contributed by atoms with Crippen molar-refractivity contribution in [2.75, 3.05) is 0 Å². The van der Waals surface area contributed by atoms with Crippen molar-refractivity contribution in [3.8, 4) is 0 Å². The highest BCUT2D eigenvalue weighted by atomic mass is 35.5. The lowest BCUT2D eigenvalue weighted by molar-refractivity contribution is -0.137. The van der Waals surface area contributed by atoms with Crippen LogP contribution in [0, 0.1) is 20.8 Å². The molecular formula is C18H24ClF3. The molecule has 0 atom stereocenters. The first-order valence-corrected chi connectivity index (χ1v) is 6.44. The van der Waals surface area contributed by atoms with E-state index in [-0.39, 0.29) is 14.9 Å². The molecule has 0 spiro atoms. The number of hydrogen-bond donors (Lipinski definition) is 0. The van der Waals surface area contributed by atoms with Crippen LogP contribution in [0.3, 0.4) is 0 Å². The van der Waals surface area contributed by atoms with Gasteiger partial charge in [-0.25, -0.2) is 0 Å². The summed E-state index contributed by atoms with van der Waals surface area (Å²) in [5, 5.41) is 0.818. The molecule has 0 amide bonds. The van der Waals surface area contributed by atoms with Crippen LogP contribution in [0.5, 0.6) is 0 Å². The zero-order chi connectivity index (χ0) is 15.3. The van der Waals surface area contributed by atoms with Crippen LogP contribution in [0.15, 0.2) is 42.5 Å². The third-order valence-electron chi connectivity index (χ3n) is 2.85. The molecule has 0 heterocycles. The Bertz CT molecular complexity index is 558. The van der Waals surface area contributed by atoms with Crippen molar-refractivity contribution in [1.82, 2.24) is 0 Å². The van der Waals surface area contributed by atoms with E-state index in [1.165, 1.54) is 23.3 Å². The summed E-state index contributed by atoms with van der Waals surface area (Å²) in [5.74, 6) is 0. The Morgan fingerprint density at radius 2 is 1.27 bits per heavy atom. The highest BCUT2D eigenvalue weighted by Crippen LogP contribution is 2.28. The second-order valence-corrected chi connectivity index (χ2v) is 5.03. The van der Waals surface area contributed by atoms with Crippen molar-refractivity contribution >= 4 is 11.6 Å². The first-order valence-electron chi connectivity index (χ1n) is 6.07. The van der Waals surface area contributed by atoms with Gasteiger partial charge < -0.3 is 0 Å². The molecule has 2 aromatic rings. The monoisotopic (exact) mass is 332 g/mol. The van der Waals surface area contributed by atoms with Crippen LogP contribution >= 0.6 is 11.6 Å². The quantitative estimate of drug-likeness (QED) is 0.477. The van der Waals surface area contributed by atoms with E-state index in [0.29, 0.717) is 0 Å². The summed E-state index contributed by atoms with van der Waals surface area (Å²) >= 11 is 5.72. The minimum absolute atomic E-state index is 0. The molecule has 0 nitrogen and oxygen atoms in total. The van der Waals surface area contributed by atoms with Gasteiger partial charge in [0.05, 0.1) is 5.56 Å². The SMILES string of the molecule is C.C.Cc1ccc(C(F)(F)F)cc1.Cc1ccc(Cl)cc1C. The fourth-order valence-corrected chi connectivity index (χ4v) is 1.67. The number of halogens is 4. The molecule has 4 heteroatoms.